The summed E-state index contributed by atoms with van der Waals surface area (Å²) < 4.78 is 75.3. The molecule has 1 aromatic carbocycles. The van der Waals surface area contributed by atoms with Crippen LogP contribution in [-0.4, -0.2) is 12.2 Å². The lowest BCUT2D eigenvalue weighted by Crippen LogP contribution is -2.32. The lowest BCUT2D eigenvalue weighted by atomic mass is 9.85. The molecule has 7 heteroatoms. The minimum atomic E-state index is -4.42. The molecule has 1 fully saturated rings. The summed E-state index contributed by atoms with van der Waals surface area (Å²) in [7, 11) is 0. The highest BCUT2D eigenvalue weighted by molar-refractivity contribution is 5.47. The van der Waals surface area contributed by atoms with Gasteiger partial charge in [0.15, 0.2) is 0 Å². The van der Waals surface area contributed by atoms with Crippen LogP contribution in [0.15, 0.2) is 24.3 Å². The van der Waals surface area contributed by atoms with Gasteiger partial charge in [-0.15, -0.1) is 0 Å². The number of rotatable bonds is 2. The van der Waals surface area contributed by atoms with E-state index in [0.29, 0.717) is 18.5 Å². The molecule has 0 aliphatic heterocycles. The molecule has 1 N–H and O–H groups in total. The Morgan fingerprint density at radius 3 is 2.05 bits per heavy atom. The van der Waals surface area contributed by atoms with Gasteiger partial charge in [0.1, 0.15) is 0 Å². The van der Waals surface area contributed by atoms with E-state index in [-0.39, 0.29) is 18.9 Å². The first-order valence-corrected chi connectivity index (χ1v) is 6.67. The van der Waals surface area contributed by atoms with Crippen molar-refractivity contribution in [2.45, 2.75) is 44.1 Å². The molecule has 0 aromatic heterocycles. The number of halogens is 6. The average molecular weight is 311 g/mol. The molecule has 21 heavy (non-hydrogen) atoms. The molecule has 0 atom stereocenters. The van der Waals surface area contributed by atoms with Crippen molar-refractivity contribution < 1.29 is 26.3 Å². The van der Waals surface area contributed by atoms with Crippen LogP contribution in [0.2, 0.25) is 0 Å². The molecule has 1 aliphatic rings. The van der Waals surface area contributed by atoms with Gasteiger partial charge in [0.05, 0.1) is 11.5 Å². The molecule has 0 heterocycles. The fraction of sp³-hybridized carbons (Fsp3) is 0.571. The number of hydrogen-bond acceptors (Lipinski definition) is 1. The molecule has 0 spiro atoms. The van der Waals surface area contributed by atoms with Gasteiger partial charge in [-0.1, -0.05) is 6.07 Å². The Balaban J connectivity index is 1.95. The Hall–Kier alpha value is -1.40. The fourth-order valence-electron chi connectivity index (χ4n) is 2.59. The molecule has 0 saturated heterocycles. The summed E-state index contributed by atoms with van der Waals surface area (Å²) in [5.41, 5.74) is -0.475. The first kappa shape index (κ1) is 16.0. The SMILES string of the molecule is FC(F)(F)c1cccc(NC2CCC(C(F)(F)F)CC2)c1. The number of nitrogens with one attached hydrogen (secondary N) is 1. The second kappa shape index (κ2) is 5.77. The van der Waals surface area contributed by atoms with Gasteiger partial charge in [-0.25, -0.2) is 0 Å². The monoisotopic (exact) mass is 311 g/mol. The van der Waals surface area contributed by atoms with Crippen molar-refractivity contribution >= 4 is 5.69 Å². The molecule has 0 amide bonds. The van der Waals surface area contributed by atoms with Crippen molar-refractivity contribution in [3.05, 3.63) is 29.8 Å². The minimum absolute atomic E-state index is 0.0140. The molecule has 0 bridgehead atoms. The number of anilines is 1. The molecule has 0 unspecified atom stereocenters. The van der Waals surface area contributed by atoms with Crippen LogP contribution in [-0.2, 0) is 6.18 Å². The van der Waals surface area contributed by atoms with Crippen LogP contribution in [0.25, 0.3) is 0 Å². The van der Waals surface area contributed by atoms with Gasteiger partial charge in [-0.2, -0.15) is 26.3 Å². The van der Waals surface area contributed by atoms with Crippen LogP contribution >= 0.6 is 0 Å². The minimum Gasteiger partial charge on any atom is -0.382 e. The second-order valence-corrected chi connectivity index (χ2v) is 5.31. The summed E-state index contributed by atoms with van der Waals surface area (Å²) in [6.45, 7) is 0. The van der Waals surface area contributed by atoms with Crippen LogP contribution in [0.5, 0.6) is 0 Å². The van der Waals surface area contributed by atoms with Gasteiger partial charge in [-0.3, -0.25) is 0 Å². The molecular formula is C14H15F6N. The Bertz CT molecular complexity index is 471. The molecule has 0 radical (unpaired) electrons. The summed E-state index contributed by atoms with van der Waals surface area (Å²) in [4.78, 5) is 0. The topological polar surface area (TPSA) is 12.0 Å². The largest absolute Gasteiger partial charge is 0.416 e. The molecule has 118 valence electrons. The predicted molar refractivity (Wildman–Crippen MR) is 66.9 cm³/mol. The zero-order chi connectivity index (χ0) is 15.7. The van der Waals surface area contributed by atoms with E-state index in [1.165, 1.54) is 12.1 Å². The summed E-state index contributed by atoms with van der Waals surface area (Å²) in [5.74, 6) is -1.29. The van der Waals surface area contributed by atoms with E-state index in [2.05, 4.69) is 5.32 Å². The summed E-state index contributed by atoms with van der Waals surface area (Å²) in [6.07, 6.45) is -7.96. The van der Waals surface area contributed by atoms with Crippen molar-refractivity contribution in [3.8, 4) is 0 Å². The highest BCUT2D eigenvalue weighted by Crippen LogP contribution is 2.38. The fourth-order valence-corrected chi connectivity index (χ4v) is 2.59. The standard InChI is InChI=1S/C14H15F6N/c15-13(16,17)9-4-6-11(7-5-9)21-12-3-1-2-10(8-12)14(18,19)20/h1-3,8-9,11,21H,4-7H2. The normalized spacial score (nSPS) is 23.9. The quantitative estimate of drug-likeness (QED) is 0.737. The van der Waals surface area contributed by atoms with Crippen molar-refractivity contribution in [1.82, 2.24) is 0 Å². The number of benzene rings is 1. The van der Waals surface area contributed by atoms with E-state index < -0.39 is 23.8 Å². The van der Waals surface area contributed by atoms with E-state index in [9.17, 15) is 26.3 Å². The summed E-state index contributed by atoms with van der Waals surface area (Å²) in [5, 5.41) is 2.90. The Morgan fingerprint density at radius 2 is 1.52 bits per heavy atom. The molecule has 1 saturated carbocycles. The maximum absolute atomic E-state index is 12.6. The van der Waals surface area contributed by atoms with Crippen molar-refractivity contribution in [1.29, 1.82) is 0 Å². The van der Waals surface area contributed by atoms with Crippen LogP contribution in [0.4, 0.5) is 32.0 Å². The lowest BCUT2D eigenvalue weighted by Gasteiger charge is -2.31. The van der Waals surface area contributed by atoms with E-state index >= 15 is 0 Å². The van der Waals surface area contributed by atoms with E-state index in [4.69, 9.17) is 0 Å². The van der Waals surface area contributed by atoms with E-state index in [0.717, 1.165) is 12.1 Å². The number of alkyl halides is 6. The first-order valence-electron chi connectivity index (χ1n) is 6.67. The van der Waals surface area contributed by atoms with Gasteiger partial charge < -0.3 is 5.32 Å². The van der Waals surface area contributed by atoms with Gasteiger partial charge in [-0.05, 0) is 43.9 Å². The molecule has 1 nitrogen and oxygen atoms in total. The molecule has 2 rings (SSSR count). The highest BCUT2D eigenvalue weighted by atomic mass is 19.4. The smallest absolute Gasteiger partial charge is 0.382 e. The van der Waals surface area contributed by atoms with E-state index in [1.807, 2.05) is 0 Å². The first-order chi connectivity index (χ1) is 9.66. The zero-order valence-corrected chi connectivity index (χ0v) is 11.1. The third-order valence-corrected chi connectivity index (χ3v) is 3.75. The van der Waals surface area contributed by atoms with Crippen molar-refractivity contribution in [3.63, 3.8) is 0 Å². The van der Waals surface area contributed by atoms with Crippen LogP contribution < -0.4 is 5.32 Å². The van der Waals surface area contributed by atoms with Crippen LogP contribution in [0, 0.1) is 5.92 Å². The van der Waals surface area contributed by atoms with Gasteiger partial charge in [0.25, 0.3) is 0 Å². The Kier molecular flexibility index (Phi) is 4.39. The summed E-state index contributed by atoms with van der Waals surface area (Å²) in [6, 6.07) is 4.51. The Morgan fingerprint density at radius 1 is 0.905 bits per heavy atom. The molecule has 1 aliphatic carbocycles. The van der Waals surface area contributed by atoms with Crippen LogP contribution in [0.3, 0.4) is 0 Å². The van der Waals surface area contributed by atoms with Gasteiger partial charge in [0.2, 0.25) is 0 Å². The highest BCUT2D eigenvalue weighted by Gasteiger charge is 2.41. The average Bonchev–Trinajstić information content (AvgIpc) is 2.37. The van der Waals surface area contributed by atoms with Crippen molar-refractivity contribution in [2.24, 2.45) is 5.92 Å². The van der Waals surface area contributed by atoms with Gasteiger partial charge in [0, 0.05) is 11.7 Å². The maximum Gasteiger partial charge on any atom is 0.416 e. The van der Waals surface area contributed by atoms with E-state index in [1.54, 1.807) is 0 Å². The van der Waals surface area contributed by atoms with Crippen LogP contribution in [0.1, 0.15) is 31.2 Å². The Labute approximate surface area is 118 Å². The second-order valence-electron chi connectivity index (χ2n) is 5.31. The van der Waals surface area contributed by atoms with Crippen molar-refractivity contribution in [2.75, 3.05) is 5.32 Å². The number of hydrogen-bond donors (Lipinski definition) is 1. The molecular weight excluding hydrogens is 296 g/mol. The maximum atomic E-state index is 12.6. The third-order valence-electron chi connectivity index (χ3n) is 3.75. The van der Waals surface area contributed by atoms with Gasteiger partial charge >= 0.3 is 12.4 Å². The molecule has 1 aromatic rings. The third kappa shape index (κ3) is 4.28. The predicted octanol–water partition coefficient (Wildman–Crippen LogP) is 5.24. The lowest BCUT2D eigenvalue weighted by molar-refractivity contribution is -0.182. The summed E-state index contributed by atoms with van der Waals surface area (Å²) >= 11 is 0. The zero-order valence-electron chi connectivity index (χ0n) is 11.1.